The van der Waals surface area contributed by atoms with Gasteiger partial charge in [-0.15, -0.1) is 6.58 Å². The number of aromatic nitrogens is 3. The molecule has 0 saturated heterocycles. The highest BCUT2D eigenvalue weighted by atomic mass is 32.2. The molecule has 0 amide bonds. The number of benzene rings is 1. The molecule has 2 aromatic heterocycles. The zero-order chi connectivity index (χ0) is 16.4. The second-order valence-electron chi connectivity index (χ2n) is 5.01. The van der Waals surface area contributed by atoms with E-state index in [9.17, 15) is 4.39 Å². The van der Waals surface area contributed by atoms with Gasteiger partial charge in [-0.3, -0.25) is 5.41 Å². The number of nitrogens with one attached hydrogen (secondary N) is 1. The van der Waals surface area contributed by atoms with Crippen LogP contribution in [0.15, 0.2) is 46.6 Å². The molecule has 1 aromatic carbocycles. The van der Waals surface area contributed by atoms with Crippen molar-refractivity contribution in [2.45, 2.75) is 24.4 Å². The summed E-state index contributed by atoms with van der Waals surface area (Å²) in [6.45, 7) is 5.99. The normalized spacial score (nSPS) is 11.0. The molecule has 0 unspecified atom stereocenters. The van der Waals surface area contributed by atoms with E-state index in [2.05, 4.69) is 16.7 Å². The summed E-state index contributed by atoms with van der Waals surface area (Å²) in [6, 6.07) is 6.33. The van der Waals surface area contributed by atoms with Crippen LogP contribution in [0.3, 0.4) is 0 Å². The van der Waals surface area contributed by atoms with E-state index in [1.54, 1.807) is 29.7 Å². The third kappa shape index (κ3) is 3.05. The largest absolute Gasteiger partial charge is 0.335 e. The lowest BCUT2D eigenvalue weighted by Gasteiger charge is -2.10. The van der Waals surface area contributed by atoms with Gasteiger partial charge in [0, 0.05) is 12.3 Å². The smallest absolute Gasteiger partial charge is 0.264 e. The number of allylic oxidation sites excluding steroid dienone is 1. The Labute approximate surface area is 136 Å². The molecule has 0 aliphatic heterocycles. The Morgan fingerprint density at radius 1 is 1.39 bits per heavy atom. The van der Waals surface area contributed by atoms with Crippen LogP contribution in [-0.2, 0) is 12.3 Å². The fourth-order valence-electron chi connectivity index (χ4n) is 2.22. The fraction of sp³-hybridized carbons (Fsp3) is 0.188. The van der Waals surface area contributed by atoms with E-state index in [4.69, 9.17) is 9.93 Å². The minimum atomic E-state index is -0.259. The van der Waals surface area contributed by atoms with Crippen molar-refractivity contribution in [1.82, 2.24) is 14.7 Å². The van der Waals surface area contributed by atoms with Gasteiger partial charge in [0.05, 0.1) is 5.69 Å². The lowest BCUT2D eigenvalue weighted by molar-refractivity contribution is 0.438. The van der Waals surface area contributed by atoms with Crippen molar-refractivity contribution in [2.24, 2.45) is 0 Å². The van der Waals surface area contributed by atoms with Crippen LogP contribution >= 0.6 is 11.8 Å². The monoisotopic (exact) mass is 330 g/mol. The molecular formula is C16H15FN4OS. The Kier molecular flexibility index (Phi) is 4.29. The highest BCUT2D eigenvalue weighted by molar-refractivity contribution is 7.98. The predicted molar refractivity (Wildman–Crippen MR) is 86.5 cm³/mol. The first-order chi connectivity index (χ1) is 11.1. The van der Waals surface area contributed by atoms with Crippen molar-refractivity contribution in [3.63, 3.8) is 0 Å². The maximum Gasteiger partial charge on any atom is 0.264 e. The lowest BCUT2D eigenvalue weighted by Crippen LogP contribution is -2.23. The average molecular weight is 330 g/mol. The van der Waals surface area contributed by atoms with Crippen LogP contribution in [0.5, 0.6) is 0 Å². The maximum absolute atomic E-state index is 13.0. The Morgan fingerprint density at radius 2 is 2.13 bits per heavy atom. The molecule has 118 valence electrons. The zero-order valence-corrected chi connectivity index (χ0v) is 13.4. The second kappa shape index (κ2) is 6.37. The number of fused-ring (bicyclic) bond motifs is 1. The van der Waals surface area contributed by atoms with E-state index >= 15 is 0 Å². The molecule has 23 heavy (non-hydrogen) atoms. The van der Waals surface area contributed by atoms with Gasteiger partial charge in [-0.1, -0.05) is 35.1 Å². The summed E-state index contributed by atoms with van der Waals surface area (Å²) in [7, 11) is 0. The van der Waals surface area contributed by atoms with E-state index in [0.29, 0.717) is 39.7 Å². The van der Waals surface area contributed by atoms with Gasteiger partial charge in [0.25, 0.3) is 5.71 Å². The number of hydrogen-bond donors (Lipinski definition) is 1. The molecule has 0 fully saturated rings. The van der Waals surface area contributed by atoms with Gasteiger partial charge in [-0.2, -0.15) is 4.98 Å². The van der Waals surface area contributed by atoms with Gasteiger partial charge in [0.15, 0.2) is 5.16 Å². The molecule has 3 rings (SSSR count). The summed E-state index contributed by atoms with van der Waals surface area (Å²) in [5.74, 6) is 0.355. The summed E-state index contributed by atoms with van der Waals surface area (Å²) in [6.07, 6.45) is 1.72. The first-order valence-corrected chi connectivity index (χ1v) is 7.98. The number of aryl methyl sites for hydroxylation is 1. The number of halogens is 1. The summed E-state index contributed by atoms with van der Waals surface area (Å²) < 4.78 is 19.9. The molecular weight excluding hydrogens is 315 g/mol. The number of thioether (sulfide) groups is 1. The molecule has 7 heteroatoms. The van der Waals surface area contributed by atoms with Crippen LogP contribution in [-0.4, -0.2) is 14.7 Å². The van der Waals surface area contributed by atoms with Crippen molar-refractivity contribution in [2.75, 3.05) is 0 Å². The molecule has 0 spiro atoms. The van der Waals surface area contributed by atoms with Crippen LogP contribution < -0.4 is 5.49 Å². The van der Waals surface area contributed by atoms with Crippen molar-refractivity contribution in [3.8, 4) is 0 Å². The van der Waals surface area contributed by atoms with Crippen molar-refractivity contribution >= 4 is 22.9 Å². The number of rotatable bonds is 5. The molecule has 0 saturated carbocycles. The maximum atomic E-state index is 13.0. The first-order valence-electron chi connectivity index (χ1n) is 6.99. The first kappa shape index (κ1) is 15.5. The molecule has 3 aromatic rings. The third-order valence-corrected chi connectivity index (χ3v) is 4.42. The quantitative estimate of drug-likeness (QED) is 0.442. The lowest BCUT2D eigenvalue weighted by atomic mass is 10.2. The topological polar surface area (TPSA) is 67.7 Å². The molecule has 2 heterocycles. The van der Waals surface area contributed by atoms with Crippen molar-refractivity contribution in [3.05, 3.63) is 59.5 Å². The van der Waals surface area contributed by atoms with E-state index in [0.717, 1.165) is 5.56 Å². The highest BCUT2D eigenvalue weighted by Crippen LogP contribution is 2.23. The summed E-state index contributed by atoms with van der Waals surface area (Å²) in [5.41, 5.74) is 2.28. The van der Waals surface area contributed by atoms with Crippen molar-refractivity contribution < 1.29 is 8.91 Å². The summed E-state index contributed by atoms with van der Waals surface area (Å²) >= 11 is 1.46. The van der Waals surface area contributed by atoms with Gasteiger partial charge in [-0.05, 0) is 24.6 Å². The third-order valence-electron chi connectivity index (χ3n) is 3.37. The van der Waals surface area contributed by atoms with Gasteiger partial charge in [0.1, 0.15) is 16.7 Å². The fourth-order valence-corrected chi connectivity index (χ4v) is 3.18. The Balaban J connectivity index is 1.98. The van der Waals surface area contributed by atoms with Gasteiger partial charge in [0.2, 0.25) is 0 Å². The van der Waals surface area contributed by atoms with Crippen molar-refractivity contribution in [1.29, 1.82) is 5.41 Å². The van der Waals surface area contributed by atoms with E-state index < -0.39 is 0 Å². The molecule has 0 aliphatic rings. The van der Waals surface area contributed by atoms with E-state index in [-0.39, 0.29) is 5.82 Å². The van der Waals surface area contributed by atoms with Gasteiger partial charge < -0.3 is 9.09 Å². The average Bonchev–Trinajstić information content (AvgIpc) is 2.91. The number of nitrogens with zero attached hydrogens (tertiary/aromatic N) is 3. The van der Waals surface area contributed by atoms with Crippen LogP contribution in [0, 0.1) is 18.2 Å². The highest BCUT2D eigenvalue weighted by Gasteiger charge is 2.14. The number of hydrogen-bond acceptors (Lipinski definition) is 5. The Hall–Kier alpha value is -2.41. The Morgan fingerprint density at radius 3 is 2.83 bits per heavy atom. The minimum absolute atomic E-state index is 0.259. The van der Waals surface area contributed by atoms with Crippen LogP contribution in [0.25, 0.3) is 11.1 Å². The Bertz CT molecular complexity index is 914. The predicted octanol–water partition coefficient (Wildman–Crippen LogP) is 3.43. The van der Waals surface area contributed by atoms with Crippen LogP contribution in [0.2, 0.25) is 0 Å². The molecule has 0 radical (unpaired) electrons. The molecule has 0 atom stereocenters. The molecule has 5 nitrogen and oxygen atoms in total. The van der Waals surface area contributed by atoms with Gasteiger partial charge >= 0.3 is 0 Å². The van der Waals surface area contributed by atoms with Crippen LogP contribution in [0.1, 0.15) is 11.3 Å². The zero-order valence-electron chi connectivity index (χ0n) is 12.5. The van der Waals surface area contributed by atoms with E-state index in [1.807, 2.05) is 0 Å². The van der Waals surface area contributed by atoms with Gasteiger partial charge in [-0.25, -0.2) is 4.39 Å². The molecule has 0 aliphatic carbocycles. The summed E-state index contributed by atoms with van der Waals surface area (Å²) in [4.78, 5) is 4.46. The SMILES string of the molecule is C=CCn1c(SCc2ccc(F)cc2)nc2onc(C)c2c1=N. The standard InChI is InChI=1S/C16H15FN4OS/c1-3-8-21-14(18)13-10(2)20-22-15(13)19-16(21)23-9-11-4-6-12(17)7-5-11/h3-7,18H,1,8-9H2,2H3. The molecule has 0 bridgehead atoms. The second-order valence-corrected chi connectivity index (χ2v) is 5.95. The van der Waals surface area contributed by atoms with Crippen LogP contribution in [0.4, 0.5) is 4.39 Å². The minimum Gasteiger partial charge on any atom is -0.335 e. The summed E-state index contributed by atoms with van der Waals surface area (Å²) in [5, 5.41) is 13.5. The van der Waals surface area contributed by atoms with E-state index in [1.165, 1.54) is 23.9 Å². The molecule has 1 N–H and O–H groups in total.